The molecule has 2 unspecified atom stereocenters. The number of aliphatic hydroxyl groups excluding tert-OH is 2. The van der Waals surface area contributed by atoms with Crippen LogP contribution in [-0.4, -0.2) is 159 Å². The smallest absolute Gasteiger partial charge is 0.389 e. The van der Waals surface area contributed by atoms with Gasteiger partial charge in [0.1, 0.15) is 0 Å². The van der Waals surface area contributed by atoms with Crippen LogP contribution in [0, 0.1) is 0 Å². The molecule has 0 aliphatic rings. The highest BCUT2D eigenvalue weighted by molar-refractivity contribution is 6.60. The number of ether oxygens (including phenoxy) is 2. The fraction of sp³-hybridized carbons (Fsp3) is 1.00. The van der Waals surface area contributed by atoms with Crippen LogP contribution in [0.1, 0.15) is 12.8 Å². The Hall–Kier alpha value is -0.0462. The Morgan fingerprint density at radius 3 is 1.17 bits per heavy atom. The molecule has 0 aromatic heterocycles. The lowest BCUT2D eigenvalue weighted by atomic mass is 10.3. The van der Waals surface area contributed by atoms with Crippen molar-refractivity contribution in [2.24, 2.45) is 0 Å². The number of hydrogen-bond acceptors (Lipinski definition) is 12. The van der Waals surface area contributed by atoms with Gasteiger partial charge in [-0.25, -0.2) is 0 Å². The van der Waals surface area contributed by atoms with Crippen molar-refractivity contribution in [1.29, 1.82) is 0 Å². The van der Waals surface area contributed by atoms with Crippen LogP contribution in [0.4, 0.5) is 0 Å². The minimum Gasteiger partial charge on any atom is -0.389 e. The molecule has 0 aromatic rings. The van der Waals surface area contributed by atoms with Crippen molar-refractivity contribution in [2.45, 2.75) is 37.1 Å². The zero-order valence-electron chi connectivity index (χ0n) is 23.7. The standard InChI is InChI=1S/C22H52N2O10Si2/c1-23(17-21(25)19-33-13-9-15-35(27-3,28-4)29-5)11-12-24(2)18-22(26)20-34-14-10-16-36(30-6,31-7)32-8/h21-22,25-26H,9-20H2,1-8H3. The quantitative estimate of drug-likeness (QED) is 0.117. The Labute approximate surface area is 220 Å². The highest BCUT2D eigenvalue weighted by Gasteiger charge is 2.37. The van der Waals surface area contributed by atoms with Gasteiger partial charge in [-0.15, -0.1) is 0 Å². The molecule has 2 N–H and O–H groups in total. The van der Waals surface area contributed by atoms with Crippen LogP contribution >= 0.6 is 0 Å². The summed E-state index contributed by atoms with van der Waals surface area (Å²) < 4.78 is 43.5. The Balaban J connectivity index is 3.93. The van der Waals surface area contributed by atoms with E-state index in [0.29, 0.717) is 38.4 Å². The maximum atomic E-state index is 10.2. The van der Waals surface area contributed by atoms with E-state index >= 15 is 0 Å². The van der Waals surface area contributed by atoms with Gasteiger partial charge in [-0.3, -0.25) is 0 Å². The summed E-state index contributed by atoms with van der Waals surface area (Å²) in [5.41, 5.74) is 0. The van der Waals surface area contributed by atoms with E-state index in [0.717, 1.165) is 25.9 Å². The van der Waals surface area contributed by atoms with Crippen LogP contribution < -0.4 is 0 Å². The van der Waals surface area contributed by atoms with Gasteiger partial charge in [0.2, 0.25) is 0 Å². The number of hydrogen-bond donors (Lipinski definition) is 2. The molecule has 0 heterocycles. The first-order valence-electron chi connectivity index (χ1n) is 12.3. The number of rotatable bonds is 25. The molecule has 36 heavy (non-hydrogen) atoms. The molecular formula is C22H52N2O10Si2. The molecule has 0 saturated carbocycles. The molecular weight excluding hydrogens is 508 g/mol. The minimum atomic E-state index is -2.57. The summed E-state index contributed by atoms with van der Waals surface area (Å²) in [6.45, 7) is 4.04. The van der Waals surface area contributed by atoms with Gasteiger partial charge in [0, 0.05) is 94.1 Å². The molecule has 0 radical (unpaired) electrons. The molecule has 218 valence electrons. The van der Waals surface area contributed by atoms with Gasteiger partial charge in [-0.05, 0) is 26.9 Å². The number of likely N-dealkylation sites (N-methyl/N-ethyl adjacent to an activating group) is 2. The zero-order valence-corrected chi connectivity index (χ0v) is 25.7. The highest BCUT2D eigenvalue weighted by Crippen LogP contribution is 2.15. The SMILES string of the molecule is CO[Si](CCCOCC(O)CN(C)CCN(C)CC(O)COCCC[Si](OC)(OC)OC)(OC)OC. The summed E-state index contributed by atoms with van der Waals surface area (Å²) in [5, 5.41) is 20.5. The third-order valence-electron chi connectivity index (χ3n) is 5.94. The normalized spacial score (nSPS) is 14.7. The average Bonchev–Trinajstić information content (AvgIpc) is 2.88. The molecule has 2 atom stereocenters. The molecule has 0 aromatic carbocycles. The number of aliphatic hydroxyl groups is 2. The van der Waals surface area contributed by atoms with Gasteiger partial charge in [-0.1, -0.05) is 0 Å². The van der Waals surface area contributed by atoms with E-state index in [4.69, 9.17) is 36.0 Å². The lowest BCUT2D eigenvalue weighted by Crippen LogP contribution is -2.43. The lowest BCUT2D eigenvalue weighted by Gasteiger charge is -2.26. The molecule has 0 saturated heterocycles. The average molecular weight is 561 g/mol. The summed E-state index contributed by atoms with van der Waals surface area (Å²) in [6.07, 6.45) is 0.309. The van der Waals surface area contributed by atoms with E-state index in [9.17, 15) is 10.2 Å². The van der Waals surface area contributed by atoms with Crippen molar-refractivity contribution in [3.05, 3.63) is 0 Å². The first-order chi connectivity index (χ1) is 17.1. The van der Waals surface area contributed by atoms with E-state index in [1.54, 1.807) is 42.7 Å². The predicted octanol–water partition coefficient (Wildman–Crippen LogP) is 0.141. The summed E-state index contributed by atoms with van der Waals surface area (Å²) in [4.78, 5) is 4.09. The van der Waals surface area contributed by atoms with Crippen LogP contribution in [0.3, 0.4) is 0 Å². The highest BCUT2D eigenvalue weighted by atomic mass is 28.4. The summed E-state index contributed by atoms with van der Waals surface area (Å²) >= 11 is 0. The molecule has 0 spiro atoms. The lowest BCUT2D eigenvalue weighted by molar-refractivity contribution is 0.0120. The molecule has 12 nitrogen and oxygen atoms in total. The van der Waals surface area contributed by atoms with Gasteiger partial charge in [-0.2, -0.15) is 0 Å². The summed E-state index contributed by atoms with van der Waals surface area (Å²) in [7, 11) is 8.31. The zero-order chi connectivity index (χ0) is 27.5. The fourth-order valence-corrected chi connectivity index (χ4v) is 7.06. The molecule has 0 amide bonds. The number of nitrogens with zero attached hydrogens (tertiary/aromatic N) is 2. The maximum Gasteiger partial charge on any atom is 0.500 e. The second-order valence-corrected chi connectivity index (χ2v) is 15.0. The van der Waals surface area contributed by atoms with E-state index in [-0.39, 0.29) is 13.2 Å². The van der Waals surface area contributed by atoms with Crippen LogP contribution in [0.5, 0.6) is 0 Å². The summed E-state index contributed by atoms with van der Waals surface area (Å²) in [5.74, 6) is 0. The predicted molar refractivity (Wildman–Crippen MR) is 141 cm³/mol. The van der Waals surface area contributed by atoms with Crippen molar-refractivity contribution in [2.75, 3.05) is 109 Å². The van der Waals surface area contributed by atoms with Gasteiger partial charge in [0.15, 0.2) is 0 Å². The van der Waals surface area contributed by atoms with E-state index in [1.807, 2.05) is 23.9 Å². The molecule has 14 heteroatoms. The maximum absolute atomic E-state index is 10.2. The first kappa shape index (κ1) is 36.0. The Kier molecular flexibility index (Phi) is 20.8. The molecule has 0 aliphatic heterocycles. The van der Waals surface area contributed by atoms with Crippen LogP contribution in [0.25, 0.3) is 0 Å². The van der Waals surface area contributed by atoms with Gasteiger partial charge < -0.3 is 56.0 Å². The third kappa shape index (κ3) is 15.4. The van der Waals surface area contributed by atoms with Crippen molar-refractivity contribution in [1.82, 2.24) is 9.80 Å². The molecule has 0 rings (SSSR count). The van der Waals surface area contributed by atoms with Crippen molar-refractivity contribution < 1.29 is 46.2 Å². The van der Waals surface area contributed by atoms with Crippen molar-refractivity contribution >= 4 is 17.6 Å². The molecule has 0 bridgehead atoms. The van der Waals surface area contributed by atoms with E-state index in [2.05, 4.69) is 0 Å². The fourth-order valence-electron chi connectivity index (χ4n) is 3.68. The minimum absolute atomic E-state index is 0.264. The summed E-state index contributed by atoms with van der Waals surface area (Å²) in [6, 6.07) is 1.32. The second kappa shape index (κ2) is 20.9. The Bertz CT molecular complexity index is 459. The largest absolute Gasteiger partial charge is 0.500 e. The third-order valence-corrected chi connectivity index (χ3v) is 11.6. The van der Waals surface area contributed by atoms with Gasteiger partial charge in [0.25, 0.3) is 0 Å². The first-order valence-corrected chi connectivity index (χ1v) is 16.2. The van der Waals surface area contributed by atoms with Crippen LogP contribution in [0.2, 0.25) is 12.1 Å². The monoisotopic (exact) mass is 560 g/mol. The molecule has 0 aliphatic carbocycles. The van der Waals surface area contributed by atoms with E-state index < -0.39 is 29.8 Å². The van der Waals surface area contributed by atoms with Crippen molar-refractivity contribution in [3.63, 3.8) is 0 Å². The Morgan fingerprint density at radius 1 is 0.583 bits per heavy atom. The van der Waals surface area contributed by atoms with Crippen LogP contribution in [0.15, 0.2) is 0 Å². The van der Waals surface area contributed by atoms with Gasteiger partial charge in [0.05, 0.1) is 25.4 Å². The topological polar surface area (TPSA) is 121 Å². The second-order valence-electron chi connectivity index (χ2n) is 8.78. The van der Waals surface area contributed by atoms with Gasteiger partial charge >= 0.3 is 17.6 Å². The molecule has 0 fully saturated rings. The van der Waals surface area contributed by atoms with E-state index in [1.165, 1.54) is 0 Å². The van der Waals surface area contributed by atoms with Crippen molar-refractivity contribution in [3.8, 4) is 0 Å². The Morgan fingerprint density at radius 2 is 0.889 bits per heavy atom. The van der Waals surface area contributed by atoms with Crippen LogP contribution in [-0.2, 0) is 36.0 Å².